The highest BCUT2D eigenvalue weighted by Crippen LogP contribution is 2.38. The lowest BCUT2D eigenvalue weighted by Crippen LogP contribution is -2.26. The van der Waals surface area contributed by atoms with Crippen LogP contribution in [-0.4, -0.2) is 29.7 Å². The van der Waals surface area contributed by atoms with E-state index in [1.54, 1.807) is 0 Å². The van der Waals surface area contributed by atoms with Crippen molar-refractivity contribution in [1.29, 1.82) is 0 Å². The molecular weight excluding hydrogens is 168 g/mol. The smallest absolute Gasteiger partial charge is 0.164 e. The summed E-state index contributed by atoms with van der Waals surface area (Å²) in [4.78, 5) is 0. The van der Waals surface area contributed by atoms with Crippen molar-refractivity contribution in [2.24, 2.45) is 5.92 Å². The molecule has 0 saturated carbocycles. The first-order valence-corrected chi connectivity index (χ1v) is 4.77. The Hall–Kier alpha value is -0.380. The van der Waals surface area contributed by atoms with Gasteiger partial charge in [0.2, 0.25) is 0 Å². The monoisotopic (exact) mass is 184 g/mol. The van der Waals surface area contributed by atoms with Gasteiger partial charge in [0.25, 0.3) is 0 Å². The number of rotatable bonds is 2. The van der Waals surface area contributed by atoms with Crippen LogP contribution in [0.1, 0.15) is 20.3 Å². The molecule has 0 aromatic rings. The second-order valence-corrected chi connectivity index (χ2v) is 4.13. The number of aliphatic hydroxyl groups excluding tert-OH is 1. The Morgan fingerprint density at radius 3 is 2.77 bits per heavy atom. The van der Waals surface area contributed by atoms with Crippen molar-refractivity contribution in [3.05, 3.63) is 12.2 Å². The van der Waals surface area contributed by atoms with Crippen molar-refractivity contribution in [2.45, 2.75) is 38.3 Å². The summed E-state index contributed by atoms with van der Waals surface area (Å²) in [6.45, 7) is 4.06. The largest absolute Gasteiger partial charge is 0.396 e. The molecular formula is C10H16O3. The van der Waals surface area contributed by atoms with Crippen LogP contribution in [0.25, 0.3) is 0 Å². The normalized spacial score (nSPS) is 41.0. The molecule has 2 rings (SSSR count). The molecule has 0 radical (unpaired) electrons. The van der Waals surface area contributed by atoms with Crippen LogP contribution in [0.5, 0.6) is 0 Å². The summed E-state index contributed by atoms with van der Waals surface area (Å²) in [5, 5.41) is 8.85. The van der Waals surface area contributed by atoms with Crippen LogP contribution in [-0.2, 0) is 9.47 Å². The van der Waals surface area contributed by atoms with Gasteiger partial charge in [0.1, 0.15) is 6.10 Å². The minimum atomic E-state index is -0.464. The van der Waals surface area contributed by atoms with Gasteiger partial charge < -0.3 is 14.6 Å². The summed E-state index contributed by atoms with van der Waals surface area (Å²) >= 11 is 0. The van der Waals surface area contributed by atoms with E-state index in [0.29, 0.717) is 5.92 Å². The highest BCUT2D eigenvalue weighted by atomic mass is 16.8. The Labute approximate surface area is 78.3 Å². The number of hydrogen-bond donors (Lipinski definition) is 1. The van der Waals surface area contributed by atoms with Crippen LogP contribution in [0.2, 0.25) is 0 Å². The molecule has 3 atom stereocenters. The molecule has 0 aromatic heterocycles. The van der Waals surface area contributed by atoms with Crippen LogP contribution in [0, 0.1) is 5.92 Å². The quantitative estimate of drug-likeness (QED) is 0.652. The molecule has 0 amide bonds. The van der Waals surface area contributed by atoms with Crippen molar-refractivity contribution in [1.82, 2.24) is 0 Å². The van der Waals surface area contributed by atoms with Crippen molar-refractivity contribution >= 4 is 0 Å². The Morgan fingerprint density at radius 2 is 2.08 bits per heavy atom. The van der Waals surface area contributed by atoms with Gasteiger partial charge in [-0.2, -0.15) is 0 Å². The topological polar surface area (TPSA) is 38.7 Å². The van der Waals surface area contributed by atoms with Gasteiger partial charge >= 0.3 is 0 Å². The number of aliphatic hydroxyl groups is 1. The predicted octanol–water partition coefficient (Wildman–Crippen LogP) is 1.07. The minimum absolute atomic E-state index is 0.0894. The maximum atomic E-state index is 8.85. The first kappa shape index (κ1) is 9.19. The third-order valence-electron chi connectivity index (χ3n) is 2.60. The van der Waals surface area contributed by atoms with Crippen LogP contribution in [0.15, 0.2) is 12.2 Å². The lowest BCUT2D eigenvalue weighted by atomic mass is 10.0. The van der Waals surface area contributed by atoms with E-state index in [4.69, 9.17) is 14.6 Å². The molecule has 13 heavy (non-hydrogen) atoms. The number of ether oxygens (including phenoxy) is 2. The maximum Gasteiger partial charge on any atom is 0.164 e. The van der Waals surface area contributed by atoms with Crippen molar-refractivity contribution in [3.8, 4) is 0 Å². The first-order valence-electron chi connectivity index (χ1n) is 4.77. The molecule has 0 bridgehead atoms. The summed E-state index contributed by atoms with van der Waals surface area (Å²) in [5.74, 6) is -0.148. The van der Waals surface area contributed by atoms with Crippen molar-refractivity contribution in [3.63, 3.8) is 0 Å². The van der Waals surface area contributed by atoms with Gasteiger partial charge in [-0.05, 0) is 20.3 Å². The van der Waals surface area contributed by atoms with Gasteiger partial charge in [0, 0.05) is 12.5 Å². The lowest BCUT2D eigenvalue weighted by molar-refractivity contribution is -0.148. The van der Waals surface area contributed by atoms with E-state index in [-0.39, 0.29) is 18.8 Å². The van der Waals surface area contributed by atoms with E-state index in [0.717, 1.165) is 6.42 Å². The molecule has 1 aliphatic heterocycles. The second-order valence-electron chi connectivity index (χ2n) is 4.13. The molecule has 0 aromatic carbocycles. The van der Waals surface area contributed by atoms with Crippen molar-refractivity contribution < 1.29 is 14.6 Å². The third-order valence-corrected chi connectivity index (χ3v) is 2.60. The molecule has 3 heteroatoms. The van der Waals surface area contributed by atoms with Gasteiger partial charge in [0.05, 0.1) is 6.10 Å². The number of hydrogen-bond acceptors (Lipinski definition) is 3. The summed E-state index contributed by atoms with van der Waals surface area (Å²) < 4.78 is 11.4. The van der Waals surface area contributed by atoms with E-state index >= 15 is 0 Å². The summed E-state index contributed by atoms with van der Waals surface area (Å²) in [5.41, 5.74) is 0. The van der Waals surface area contributed by atoms with Gasteiger partial charge in [-0.25, -0.2) is 0 Å². The van der Waals surface area contributed by atoms with Gasteiger partial charge in [0.15, 0.2) is 5.79 Å². The molecule has 0 spiro atoms. The predicted molar refractivity (Wildman–Crippen MR) is 48.2 cm³/mol. The van der Waals surface area contributed by atoms with Crippen LogP contribution in [0.4, 0.5) is 0 Å². The Morgan fingerprint density at radius 1 is 1.31 bits per heavy atom. The van der Waals surface area contributed by atoms with Gasteiger partial charge in [-0.1, -0.05) is 12.2 Å². The fourth-order valence-corrected chi connectivity index (χ4v) is 2.07. The Bertz CT molecular complexity index is 222. The van der Waals surface area contributed by atoms with E-state index in [1.807, 2.05) is 19.9 Å². The van der Waals surface area contributed by atoms with Crippen LogP contribution in [0.3, 0.4) is 0 Å². The van der Waals surface area contributed by atoms with Crippen LogP contribution >= 0.6 is 0 Å². The SMILES string of the molecule is CC1(C)O[C@@H]2[C@@H](CCO)C=C[C@@H]2O1. The molecule has 1 N–H and O–H groups in total. The second kappa shape index (κ2) is 3.08. The molecule has 1 heterocycles. The van der Waals surface area contributed by atoms with Crippen molar-refractivity contribution in [2.75, 3.05) is 6.61 Å². The van der Waals surface area contributed by atoms with E-state index < -0.39 is 5.79 Å². The average Bonchev–Trinajstić information content (AvgIpc) is 2.48. The Balaban J connectivity index is 2.04. The van der Waals surface area contributed by atoms with E-state index in [2.05, 4.69) is 6.08 Å². The molecule has 2 aliphatic rings. The zero-order valence-corrected chi connectivity index (χ0v) is 8.06. The molecule has 1 aliphatic carbocycles. The molecule has 3 nitrogen and oxygen atoms in total. The first-order chi connectivity index (χ1) is 6.12. The van der Waals surface area contributed by atoms with E-state index in [1.165, 1.54) is 0 Å². The summed E-state index contributed by atoms with van der Waals surface area (Å²) in [6, 6.07) is 0. The highest BCUT2D eigenvalue weighted by Gasteiger charge is 2.45. The molecule has 0 unspecified atom stereocenters. The zero-order chi connectivity index (χ0) is 9.47. The minimum Gasteiger partial charge on any atom is -0.396 e. The molecule has 1 saturated heterocycles. The lowest BCUT2D eigenvalue weighted by Gasteiger charge is -2.20. The fourth-order valence-electron chi connectivity index (χ4n) is 2.07. The van der Waals surface area contributed by atoms with E-state index in [9.17, 15) is 0 Å². The standard InChI is InChI=1S/C10H16O3/c1-10(2)12-8-4-3-7(5-6-11)9(8)13-10/h3-4,7-9,11H,5-6H2,1-2H3/t7-,8+,9-/m1/s1. The zero-order valence-electron chi connectivity index (χ0n) is 8.06. The third kappa shape index (κ3) is 1.64. The summed E-state index contributed by atoms with van der Waals surface area (Å²) in [7, 11) is 0. The van der Waals surface area contributed by atoms with Crippen LogP contribution < -0.4 is 0 Å². The summed E-state index contributed by atoms with van der Waals surface area (Å²) in [6.07, 6.45) is 5.09. The Kier molecular flexibility index (Phi) is 2.18. The highest BCUT2D eigenvalue weighted by molar-refractivity contribution is 5.12. The average molecular weight is 184 g/mol. The van der Waals surface area contributed by atoms with Gasteiger partial charge in [-0.15, -0.1) is 0 Å². The van der Waals surface area contributed by atoms with Gasteiger partial charge in [-0.3, -0.25) is 0 Å². The number of fused-ring (bicyclic) bond motifs is 1. The fraction of sp³-hybridized carbons (Fsp3) is 0.800. The molecule has 74 valence electrons. The maximum absolute atomic E-state index is 8.85. The molecule has 1 fully saturated rings.